The molecular formula is C17H24FN3O4. The van der Waals surface area contributed by atoms with Gasteiger partial charge in [-0.05, 0) is 6.07 Å². The first kappa shape index (κ1) is 19.1. The molecule has 0 radical (unpaired) electrons. The molecule has 2 N–H and O–H groups in total. The molecule has 1 fully saturated rings. The van der Waals surface area contributed by atoms with Crippen LogP contribution in [0.1, 0.15) is 12.0 Å². The third kappa shape index (κ3) is 4.90. The molecule has 1 aliphatic heterocycles. The van der Waals surface area contributed by atoms with Crippen LogP contribution >= 0.6 is 0 Å². The summed E-state index contributed by atoms with van der Waals surface area (Å²) in [5.41, 5.74) is 0.441. The summed E-state index contributed by atoms with van der Waals surface area (Å²) in [6.45, 7) is 1.28. The average Bonchev–Trinajstić information content (AvgIpc) is 2.59. The van der Waals surface area contributed by atoms with Crippen molar-refractivity contribution in [3.63, 3.8) is 0 Å². The molecule has 1 atom stereocenters. The lowest BCUT2D eigenvalue weighted by molar-refractivity contribution is -0.138. The Bertz CT molecular complexity index is 626. The number of benzene rings is 1. The number of hydrogen-bond donors (Lipinski definition) is 2. The highest BCUT2D eigenvalue weighted by molar-refractivity contribution is 5.88. The maximum atomic E-state index is 14.2. The molecule has 0 aliphatic carbocycles. The van der Waals surface area contributed by atoms with Gasteiger partial charge in [0.1, 0.15) is 11.6 Å². The minimum Gasteiger partial charge on any atom is -0.497 e. The zero-order valence-corrected chi connectivity index (χ0v) is 14.5. The van der Waals surface area contributed by atoms with Crippen molar-refractivity contribution in [3.05, 3.63) is 29.6 Å². The van der Waals surface area contributed by atoms with Gasteiger partial charge in [0, 0.05) is 44.9 Å². The van der Waals surface area contributed by atoms with Gasteiger partial charge < -0.3 is 20.1 Å². The van der Waals surface area contributed by atoms with Crippen LogP contribution in [-0.4, -0.2) is 73.2 Å². The van der Waals surface area contributed by atoms with Crippen molar-refractivity contribution >= 4 is 11.8 Å². The Morgan fingerprint density at radius 3 is 2.92 bits per heavy atom. The van der Waals surface area contributed by atoms with Crippen molar-refractivity contribution in [2.75, 3.05) is 40.4 Å². The summed E-state index contributed by atoms with van der Waals surface area (Å²) in [5.74, 6) is -0.468. The topological polar surface area (TPSA) is 82.1 Å². The molecule has 1 heterocycles. The van der Waals surface area contributed by atoms with Crippen molar-refractivity contribution in [2.45, 2.75) is 19.0 Å². The standard InChI is InChI=1S/C17H24FN3O4/c1-20(7-8-22)16(23)10-15-17(24)19-5-6-21(15)11-12-3-4-13(25-2)9-14(12)18/h3-4,9,15,22H,5-8,10-11H2,1-2H3,(H,19,24)/t15-/m0/s1. The van der Waals surface area contributed by atoms with E-state index in [0.29, 0.717) is 24.4 Å². The molecule has 2 amide bonds. The normalized spacial score (nSPS) is 17.9. The van der Waals surface area contributed by atoms with Gasteiger partial charge in [-0.3, -0.25) is 14.5 Å². The number of methoxy groups -OCH3 is 1. The molecule has 0 spiro atoms. The highest BCUT2D eigenvalue weighted by Gasteiger charge is 2.32. The largest absolute Gasteiger partial charge is 0.497 e. The smallest absolute Gasteiger partial charge is 0.237 e. The van der Waals surface area contributed by atoms with Gasteiger partial charge in [0.2, 0.25) is 11.8 Å². The van der Waals surface area contributed by atoms with Crippen LogP contribution in [0.25, 0.3) is 0 Å². The summed E-state index contributed by atoms with van der Waals surface area (Å²) in [6, 6.07) is 3.92. The fourth-order valence-corrected chi connectivity index (χ4v) is 2.77. The van der Waals surface area contributed by atoms with Crippen molar-refractivity contribution < 1.29 is 23.8 Å². The molecule has 1 aromatic rings. The number of rotatable bonds is 7. The van der Waals surface area contributed by atoms with Crippen molar-refractivity contribution in [3.8, 4) is 5.75 Å². The number of likely N-dealkylation sites (N-methyl/N-ethyl adjacent to an activating group) is 1. The molecule has 0 bridgehead atoms. The fraction of sp³-hybridized carbons (Fsp3) is 0.529. The van der Waals surface area contributed by atoms with E-state index in [2.05, 4.69) is 5.32 Å². The van der Waals surface area contributed by atoms with E-state index in [1.807, 2.05) is 0 Å². The number of carbonyl (C=O) groups is 2. The quantitative estimate of drug-likeness (QED) is 0.720. The van der Waals surface area contributed by atoms with Gasteiger partial charge in [0.25, 0.3) is 0 Å². The summed E-state index contributed by atoms with van der Waals surface area (Å²) in [5, 5.41) is 11.7. The minimum atomic E-state index is -0.663. The summed E-state index contributed by atoms with van der Waals surface area (Å²) >= 11 is 0. The molecular weight excluding hydrogens is 329 g/mol. The Labute approximate surface area is 146 Å². The lowest BCUT2D eigenvalue weighted by atomic mass is 10.1. The number of halogens is 1. The number of nitrogens with zero attached hydrogens (tertiary/aromatic N) is 2. The third-order valence-electron chi connectivity index (χ3n) is 4.30. The molecule has 1 aromatic carbocycles. The maximum Gasteiger partial charge on any atom is 0.237 e. The lowest BCUT2D eigenvalue weighted by Gasteiger charge is -2.35. The van der Waals surface area contributed by atoms with E-state index in [0.717, 1.165) is 0 Å². The van der Waals surface area contributed by atoms with Crippen LogP contribution in [-0.2, 0) is 16.1 Å². The summed E-state index contributed by atoms with van der Waals surface area (Å²) in [4.78, 5) is 27.6. The van der Waals surface area contributed by atoms with E-state index in [1.165, 1.54) is 18.1 Å². The van der Waals surface area contributed by atoms with Crippen LogP contribution in [0.2, 0.25) is 0 Å². The Balaban J connectivity index is 2.11. The van der Waals surface area contributed by atoms with Crippen LogP contribution < -0.4 is 10.1 Å². The van der Waals surface area contributed by atoms with E-state index in [4.69, 9.17) is 9.84 Å². The van der Waals surface area contributed by atoms with Gasteiger partial charge >= 0.3 is 0 Å². The monoisotopic (exact) mass is 353 g/mol. The number of aliphatic hydroxyl groups excluding tert-OH is 1. The summed E-state index contributed by atoms with van der Waals surface area (Å²) in [7, 11) is 3.04. The summed E-state index contributed by atoms with van der Waals surface area (Å²) < 4.78 is 19.2. The zero-order valence-electron chi connectivity index (χ0n) is 14.5. The van der Waals surface area contributed by atoms with Crippen LogP contribution in [0.15, 0.2) is 18.2 Å². The molecule has 7 nitrogen and oxygen atoms in total. The lowest BCUT2D eigenvalue weighted by Crippen LogP contribution is -2.56. The van der Waals surface area contributed by atoms with Gasteiger partial charge in [0.15, 0.2) is 0 Å². The third-order valence-corrected chi connectivity index (χ3v) is 4.30. The average molecular weight is 353 g/mol. The Morgan fingerprint density at radius 1 is 1.52 bits per heavy atom. The van der Waals surface area contributed by atoms with E-state index in [-0.39, 0.29) is 37.9 Å². The SMILES string of the molecule is COc1ccc(CN2CCNC(=O)[C@@H]2CC(=O)N(C)CCO)c(F)c1. The number of amides is 2. The number of hydrogen-bond acceptors (Lipinski definition) is 5. The van der Waals surface area contributed by atoms with E-state index in [1.54, 1.807) is 24.1 Å². The van der Waals surface area contributed by atoms with Gasteiger partial charge in [-0.2, -0.15) is 0 Å². The first-order valence-electron chi connectivity index (χ1n) is 8.15. The van der Waals surface area contributed by atoms with Crippen molar-refractivity contribution in [1.29, 1.82) is 0 Å². The predicted octanol–water partition coefficient (Wildman–Crippen LogP) is -0.0245. The zero-order chi connectivity index (χ0) is 18.4. The highest BCUT2D eigenvalue weighted by atomic mass is 19.1. The molecule has 1 aliphatic rings. The highest BCUT2D eigenvalue weighted by Crippen LogP contribution is 2.20. The number of nitrogens with one attached hydrogen (secondary N) is 1. The van der Waals surface area contributed by atoms with E-state index in [9.17, 15) is 14.0 Å². The summed E-state index contributed by atoms with van der Waals surface area (Å²) in [6.07, 6.45) is -0.0138. The van der Waals surface area contributed by atoms with E-state index >= 15 is 0 Å². The number of ether oxygens (including phenoxy) is 1. The molecule has 0 aromatic heterocycles. The predicted molar refractivity (Wildman–Crippen MR) is 89.5 cm³/mol. The Hall–Kier alpha value is -2.19. The molecule has 138 valence electrons. The Morgan fingerprint density at radius 2 is 2.28 bits per heavy atom. The fourth-order valence-electron chi connectivity index (χ4n) is 2.77. The Kier molecular flexibility index (Phi) is 6.72. The van der Waals surface area contributed by atoms with Crippen molar-refractivity contribution in [1.82, 2.24) is 15.1 Å². The molecule has 1 saturated heterocycles. The molecule has 25 heavy (non-hydrogen) atoms. The first-order valence-corrected chi connectivity index (χ1v) is 8.15. The van der Waals surface area contributed by atoms with Gasteiger partial charge in [0.05, 0.1) is 26.2 Å². The second-order valence-corrected chi connectivity index (χ2v) is 5.98. The maximum absolute atomic E-state index is 14.2. The van der Waals surface area contributed by atoms with Gasteiger partial charge in [-0.1, -0.05) is 6.07 Å². The molecule has 0 saturated carbocycles. The molecule has 8 heteroatoms. The van der Waals surface area contributed by atoms with Crippen LogP contribution in [0.4, 0.5) is 4.39 Å². The number of carbonyl (C=O) groups excluding carboxylic acids is 2. The number of aliphatic hydroxyl groups is 1. The molecule has 0 unspecified atom stereocenters. The van der Waals surface area contributed by atoms with E-state index < -0.39 is 11.9 Å². The first-order chi connectivity index (χ1) is 12.0. The van der Waals surface area contributed by atoms with Crippen LogP contribution in [0, 0.1) is 5.82 Å². The number of piperazine rings is 1. The molecule has 2 rings (SSSR count). The second kappa shape index (κ2) is 8.77. The van der Waals surface area contributed by atoms with Gasteiger partial charge in [-0.25, -0.2) is 4.39 Å². The second-order valence-electron chi connectivity index (χ2n) is 5.98. The van der Waals surface area contributed by atoms with Crippen LogP contribution in [0.3, 0.4) is 0 Å². The van der Waals surface area contributed by atoms with Gasteiger partial charge in [-0.15, -0.1) is 0 Å². The van der Waals surface area contributed by atoms with Crippen molar-refractivity contribution in [2.24, 2.45) is 0 Å². The van der Waals surface area contributed by atoms with Crippen LogP contribution in [0.5, 0.6) is 5.75 Å². The minimum absolute atomic E-state index is 0.0138.